The number of nitrogens with zero attached hydrogens (tertiary/aromatic N) is 1. The van der Waals surface area contributed by atoms with Crippen LogP contribution in [0, 0.1) is 16.7 Å². The van der Waals surface area contributed by atoms with Gasteiger partial charge in [0.25, 0.3) is 0 Å². The third kappa shape index (κ3) is 2.73. The zero-order valence-corrected chi connectivity index (χ0v) is 12.4. The van der Waals surface area contributed by atoms with Crippen molar-refractivity contribution in [3.05, 3.63) is 54.6 Å². The van der Waals surface area contributed by atoms with Crippen molar-refractivity contribution in [3.8, 4) is 17.2 Å². The molecule has 0 atom stereocenters. The zero-order valence-electron chi connectivity index (χ0n) is 12.4. The molecular formula is C19H18N2O. The number of amides is 1. The molecule has 1 saturated carbocycles. The van der Waals surface area contributed by atoms with Crippen LogP contribution in [-0.2, 0) is 4.79 Å². The number of nitrogens with one attached hydrogen (secondary N) is 1. The van der Waals surface area contributed by atoms with Crippen LogP contribution in [0.1, 0.15) is 25.7 Å². The molecule has 110 valence electrons. The van der Waals surface area contributed by atoms with Crippen molar-refractivity contribution >= 4 is 11.6 Å². The molecule has 3 rings (SSSR count). The number of hydrogen-bond acceptors (Lipinski definition) is 2. The van der Waals surface area contributed by atoms with Gasteiger partial charge < -0.3 is 5.32 Å². The van der Waals surface area contributed by atoms with E-state index in [1.807, 2.05) is 42.5 Å². The Kier molecular flexibility index (Phi) is 3.93. The number of carbonyl (C=O) groups excluding carboxylic acids is 1. The second-order valence-electron chi connectivity index (χ2n) is 5.80. The summed E-state index contributed by atoms with van der Waals surface area (Å²) in [5.74, 6) is -0.167. The molecule has 0 spiro atoms. The fraction of sp³-hybridized carbons (Fsp3) is 0.263. The summed E-state index contributed by atoms with van der Waals surface area (Å²) in [6, 6.07) is 20.1. The Hall–Kier alpha value is -2.60. The minimum atomic E-state index is -0.835. The minimum absolute atomic E-state index is 0.167. The molecule has 1 amide bonds. The van der Waals surface area contributed by atoms with E-state index in [1.54, 1.807) is 0 Å². The van der Waals surface area contributed by atoms with Crippen molar-refractivity contribution in [2.45, 2.75) is 25.7 Å². The molecule has 0 radical (unpaired) electrons. The van der Waals surface area contributed by atoms with E-state index in [2.05, 4.69) is 23.5 Å². The van der Waals surface area contributed by atoms with Gasteiger partial charge in [-0.25, -0.2) is 0 Å². The third-order valence-electron chi connectivity index (χ3n) is 4.36. The van der Waals surface area contributed by atoms with Gasteiger partial charge in [0, 0.05) is 5.69 Å². The summed E-state index contributed by atoms with van der Waals surface area (Å²) in [5.41, 5.74) is 2.16. The van der Waals surface area contributed by atoms with E-state index in [9.17, 15) is 10.1 Å². The summed E-state index contributed by atoms with van der Waals surface area (Å²) in [6.45, 7) is 0. The molecule has 0 saturated heterocycles. The molecule has 3 nitrogen and oxygen atoms in total. The summed E-state index contributed by atoms with van der Waals surface area (Å²) in [4.78, 5) is 12.4. The number of anilines is 1. The molecule has 0 unspecified atom stereocenters. The number of benzene rings is 2. The van der Waals surface area contributed by atoms with Gasteiger partial charge in [0.1, 0.15) is 5.41 Å². The van der Waals surface area contributed by atoms with Crippen LogP contribution in [0.4, 0.5) is 5.69 Å². The normalized spacial score (nSPS) is 16.0. The molecule has 3 heteroatoms. The van der Waals surface area contributed by atoms with Gasteiger partial charge in [-0.15, -0.1) is 0 Å². The number of rotatable bonds is 3. The minimum Gasteiger partial charge on any atom is -0.325 e. The van der Waals surface area contributed by atoms with Crippen molar-refractivity contribution < 1.29 is 4.79 Å². The van der Waals surface area contributed by atoms with Crippen molar-refractivity contribution in [2.75, 3.05) is 5.32 Å². The molecule has 0 aliphatic heterocycles. The van der Waals surface area contributed by atoms with E-state index in [-0.39, 0.29) is 5.91 Å². The monoisotopic (exact) mass is 290 g/mol. The van der Waals surface area contributed by atoms with Crippen LogP contribution in [0.25, 0.3) is 11.1 Å². The van der Waals surface area contributed by atoms with Crippen LogP contribution in [0.5, 0.6) is 0 Å². The lowest BCUT2D eigenvalue weighted by Crippen LogP contribution is -2.32. The molecule has 22 heavy (non-hydrogen) atoms. The molecule has 1 aliphatic carbocycles. The SMILES string of the molecule is N#CC1(C(=O)Nc2ccc(-c3ccccc3)cc2)CCCC1. The molecule has 0 bridgehead atoms. The maximum atomic E-state index is 12.4. The zero-order chi connectivity index (χ0) is 15.4. The van der Waals surface area contributed by atoms with Crippen molar-refractivity contribution in [1.82, 2.24) is 0 Å². The van der Waals surface area contributed by atoms with Crippen molar-refractivity contribution in [1.29, 1.82) is 5.26 Å². The highest BCUT2D eigenvalue weighted by atomic mass is 16.2. The Morgan fingerprint density at radius 1 is 0.955 bits per heavy atom. The summed E-state index contributed by atoms with van der Waals surface area (Å²) in [7, 11) is 0. The fourth-order valence-corrected chi connectivity index (χ4v) is 3.00. The lowest BCUT2D eigenvalue weighted by Gasteiger charge is -2.19. The van der Waals surface area contributed by atoms with E-state index < -0.39 is 5.41 Å². The first kappa shape index (κ1) is 14.3. The predicted molar refractivity (Wildman–Crippen MR) is 87.0 cm³/mol. The molecule has 2 aromatic rings. The average Bonchev–Trinajstić information content (AvgIpc) is 3.07. The van der Waals surface area contributed by atoms with Crippen LogP contribution < -0.4 is 5.32 Å². The number of nitriles is 1. The van der Waals surface area contributed by atoms with Crippen LogP contribution in [-0.4, -0.2) is 5.91 Å². The highest BCUT2D eigenvalue weighted by molar-refractivity contribution is 5.97. The second-order valence-corrected chi connectivity index (χ2v) is 5.80. The first-order chi connectivity index (χ1) is 10.7. The van der Waals surface area contributed by atoms with Gasteiger partial charge in [-0.1, -0.05) is 55.3 Å². The summed E-state index contributed by atoms with van der Waals surface area (Å²) in [5, 5.41) is 12.2. The highest BCUT2D eigenvalue weighted by Crippen LogP contribution is 2.38. The molecular weight excluding hydrogens is 272 g/mol. The van der Waals surface area contributed by atoms with Gasteiger partial charge in [-0.3, -0.25) is 4.79 Å². The lowest BCUT2D eigenvalue weighted by molar-refractivity contribution is -0.122. The van der Waals surface area contributed by atoms with E-state index in [1.165, 1.54) is 0 Å². The highest BCUT2D eigenvalue weighted by Gasteiger charge is 2.41. The van der Waals surface area contributed by atoms with Crippen molar-refractivity contribution in [2.24, 2.45) is 5.41 Å². The standard InChI is InChI=1S/C19H18N2O/c20-14-19(12-4-5-13-19)18(22)21-17-10-8-16(9-11-17)15-6-2-1-3-7-15/h1-3,6-11H,4-5,12-13H2,(H,21,22). The van der Waals surface area contributed by atoms with Crippen molar-refractivity contribution in [3.63, 3.8) is 0 Å². The smallest absolute Gasteiger partial charge is 0.244 e. The van der Waals surface area contributed by atoms with E-state index in [0.717, 1.165) is 29.7 Å². The molecule has 1 aliphatic rings. The molecule has 0 aromatic heterocycles. The van der Waals surface area contributed by atoms with Crippen LogP contribution in [0.15, 0.2) is 54.6 Å². The number of hydrogen-bond donors (Lipinski definition) is 1. The topological polar surface area (TPSA) is 52.9 Å². The second kappa shape index (κ2) is 6.03. The first-order valence-electron chi connectivity index (χ1n) is 7.62. The fourth-order valence-electron chi connectivity index (χ4n) is 3.00. The van der Waals surface area contributed by atoms with Gasteiger partial charge in [-0.05, 0) is 36.1 Å². The largest absolute Gasteiger partial charge is 0.325 e. The molecule has 0 heterocycles. The molecule has 2 aromatic carbocycles. The Morgan fingerprint density at radius 2 is 1.55 bits per heavy atom. The summed E-state index contributed by atoms with van der Waals surface area (Å²) >= 11 is 0. The Morgan fingerprint density at radius 3 is 2.14 bits per heavy atom. The van der Waals surface area contributed by atoms with E-state index >= 15 is 0 Å². The average molecular weight is 290 g/mol. The van der Waals surface area contributed by atoms with Gasteiger partial charge in [0.05, 0.1) is 6.07 Å². The van der Waals surface area contributed by atoms with Gasteiger partial charge in [-0.2, -0.15) is 5.26 Å². The lowest BCUT2D eigenvalue weighted by atomic mass is 9.87. The predicted octanol–water partition coefficient (Wildman–Crippen LogP) is 4.38. The van der Waals surface area contributed by atoms with Gasteiger partial charge in [0.2, 0.25) is 5.91 Å². The van der Waals surface area contributed by atoms with Crippen LogP contribution in [0.3, 0.4) is 0 Å². The Bertz CT molecular complexity index is 692. The first-order valence-corrected chi connectivity index (χ1v) is 7.62. The van der Waals surface area contributed by atoms with Crippen LogP contribution in [0.2, 0.25) is 0 Å². The summed E-state index contributed by atoms with van der Waals surface area (Å²) in [6.07, 6.45) is 3.23. The molecule has 1 fully saturated rings. The Balaban J connectivity index is 1.74. The van der Waals surface area contributed by atoms with E-state index in [0.29, 0.717) is 12.8 Å². The quantitative estimate of drug-likeness (QED) is 0.912. The Labute approximate surface area is 130 Å². The number of carbonyl (C=O) groups is 1. The van der Waals surface area contributed by atoms with E-state index in [4.69, 9.17) is 0 Å². The van der Waals surface area contributed by atoms with Crippen LogP contribution >= 0.6 is 0 Å². The molecule has 1 N–H and O–H groups in total. The van der Waals surface area contributed by atoms with Gasteiger partial charge in [0.15, 0.2) is 0 Å². The van der Waals surface area contributed by atoms with Gasteiger partial charge >= 0.3 is 0 Å². The maximum Gasteiger partial charge on any atom is 0.244 e. The maximum absolute atomic E-state index is 12.4. The summed E-state index contributed by atoms with van der Waals surface area (Å²) < 4.78 is 0. The third-order valence-corrected chi connectivity index (χ3v) is 4.36.